The van der Waals surface area contributed by atoms with Gasteiger partial charge in [-0.1, -0.05) is 13.3 Å². The molecule has 0 aliphatic carbocycles. The normalized spacial score (nSPS) is 12.0. The lowest BCUT2D eigenvalue weighted by Crippen LogP contribution is -2.43. The van der Waals surface area contributed by atoms with E-state index in [9.17, 15) is 0 Å². The molecule has 0 aliphatic rings. The molecule has 0 radical (unpaired) electrons. The summed E-state index contributed by atoms with van der Waals surface area (Å²) in [6.07, 6.45) is 1.04. The maximum Gasteiger partial charge on any atom is 0.500 e. The molecule has 0 heterocycles. The Labute approximate surface area is 70.0 Å². The lowest BCUT2D eigenvalue weighted by molar-refractivity contribution is 0.104. The maximum absolute atomic E-state index is 5.46. The van der Waals surface area contributed by atoms with Crippen molar-refractivity contribution in [2.75, 3.05) is 20.8 Å². The van der Waals surface area contributed by atoms with Gasteiger partial charge >= 0.3 is 8.80 Å². The SMILES string of the molecule is CCC[Si](OC)(OC)OCC. The van der Waals surface area contributed by atoms with Gasteiger partial charge in [-0.05, 0) is 6.92 Å². The van der Waals surface area contributed by atoms with Crippen molar-refractivity contribution in [1.82, 2.24) is 0 Å². The molecule has 0 amide bonds. The number of hydrogen-bond donors (Lipinski definition) is 0. The molecule has 0 saturated heterocycles. The Bertz CT molecular complexity index is 85.7. The summed E-state index contributed by atoms with van der Waals surface area (Å²) in [5, 5.41) is 0. The van der Waals surface area contributed by atoms with Crippen molar-refractivity contribution in [3.05, 3.63) is 0 Å². The van der Waals surface area contributed by atoms with Gasteiger partial charge < -0.3 is 13.3 Å². The second-order valence-electron chi connectivity index (χ2n) is 2.27. The van der Waals surface area contributed by atoms with E-state index in [0.29, 0.717) is 6.61 Å². The molecule has 0 atom stereocenters. The van der Waals surface area contributed by atoms with Crippen LogP contribution in [0.3, 0.4) is 0 Å². The van der Waals surface area contributed by atoms with Gasteiger partial charge in [0.05, 0.1) is 0 Å². The minimum Gasteiger partial charge on any atom is -0.377 e. The minimum atomic E-state index is -2.24. The van der Waals surface area contributed by atoms with E-state index < -0.39 is 8.80 Å². The van der Waals surface area contributed by atoms with Crippen LogP contribution in [0.5, 0.6) is 0 Å². The van der Waals surface area contributed by atoms with Crippen LogP contribution in [0, 0.1) is 0 Å². The monoisotopic (exact) mass is 178 g/mol. The second-order valence-corrected chi connectivity index (χ2v) is 5.25. The molecule has 3 nitrogen and oxygen atoms in total. The average molecular weight is 178 g/mol. The minimum absolute atomic E-state index is 0.661. The van der Waals surface area contributed by atoms with Gasteiger partial charge in [0.2, 0.25) is 0 Å². The van der Waals surface area contributed by atoms with Gasteiger partial charge in [-0.2, -0.15) is 0 Å². The smallest absolute Gasteiger partial charge is 0.377 e. The van der Waals surface area contributed by atoms with Crippen molar-refractivity contribution in [3.63, 3.8) is 0 Å². The van der Waals surface area contributed by atoms with Crippen LogP contribution < -0.4 is 0 Å². The zero-order chi connectivity index (χ0) is 8.74. The largest absolute Gasteiger partial charge is 0.500 e. The molecule has 0 aliphatic heterocycles. The Kier molecular flexibility index (Phi) is 5.76. The summed E-state index contributed by atoms with van der Waals surface area (Å²) in [7, 11) is 1.06. The highest BCUT2D eigenvalue weighted by Gasteiger charge is 2.37. The first-order chi connectivity index (χ1) is 5.24. The highest BCUT2D eigenvalue weighted by Crippen LogP contribution is 2.14. The Morgan fingerprint density at radius 2 is 1.64 bits per heavy atom. The van der Waals surface area contributed by atoms with Gasteiger partial charge in [0.25, 0.3) is 0 Å². The van der Waals surface area contributed by atoms with Crippen molar-refractivity contribution in [1.29, 1.82) is 0 Å². The summed E-state index contributed by atoms with van der Waals surface area (Å²) < 4.78 is 16.0. The van der Waals surface area contributed by atoms with Crippen LogP contribution >= 0.6 is 0 Å². The third-order valence-corrected chi connectivity index (χ3v) is 4.63. The Balaban J connectivity index is 3.96. The van der Waals surface area contributed by atoms with E-state index in [4.69, 9.17) is 13.3 Å². The molecule has 0 N–H and O–H groups in total. The molecule has 4 heteroatoms. The molecule has 0 spiro atoms. The van der Waals surface area contributed by atoms with E-state index in [1.807, 2.05) is 6.92 Å². The van der Waals surface area contributed by atoms with E-state index in [0.717, 1.165) is 12.5 Å². The first-order valence-corrected chi connectivity index (χ1v) is 5.92. The van der Waals surface area contributed by atoms with Crippen LogP contribution in [-0.4, -0.2) is 29.6 Å². The fraction of sp³-hybridized carbons (Fsp3) is 1.00. The molecule has 0 unspecified atom stereocenters. The fourth-order valence-corrected chi connectivity index (χ4v) is 3.01. The second kappa shape index (κ2) is 5.71. The molecule has 0 aromatic heterocycles. The quantitative estimate of drug-likeness (QED) is 0.579. The van der Waals surface area contributed by atoms with Crippen molar-refractivity contribution in [2.24, 2.45) is 0 Å². The Morgan fingerprint density at radius 1 is 1.09 bits per heavy atom. The van der Waals surface area contributed by atoms with Crippen LogP contribution in [-0.2, 0) is 13.3 Å². The standard InChI is InChI=1S/C7H18O3Si/c1-5-7-11(8-3,9-4)10-6-2/h5-7H2,1-4H3. The zero-order valence-electron chi connectivity index (χ0n) is 7.85. The molecule has 0 fully saturated rings. The van der Waals surface area contributed by atoms with E-state index in [1.54, 1.807) is 14.2 Å². The van der Waals surface area contributed by atoms with Crippen LogP contribution in [0.15, 0.2) is 0 Å². The summed E-state index contributed by atoms with van der Waals surface area (Å²) in [6.45, 7) is 4.71. The van der Waals surface area contributed by atoms with Gasteiger partial charge in [0.1, 0.15) is 0 Å². The predicted octanol–water partition coefficient (Wildman–Crippen LogP) is 1.66. The maximum atomic E-state index is 5.46. The van der Waals surface area contributed by atoms with Crippen LogP contribution in [0.25, 0.3) is 0 Å². The molecule has 11 heavy (non-hydrogen) atoms. The van der Waals surface area contributed by atoms with Gasteiger partial charge in [0, 0.05) is 26.9 Å². The van der Waals surface area contributed by atoms with Gasteiger partial charge in [-0.3, -0.25) is 0 Å². The van der Waals surface area contributed by atoms with Crippen LogP contribution in [0.4, 0.5) is 0 Å². The van der Waals surface area contributed by atoms with E-state index in [1.165, 1.54) is 0 Å². The van der Waals surface area contributed by atoms with E-state index in [2.05, 4.69) is 6.92 Å². The summed E-state index contributed by atoms with van der Waals surface area (Å²) in [5.41, 5.74) is 0. The van der Waals surface area contributed by atoms with Crippen molar-refractivity contribution in [3.8, 4) is 0 Å². The molecule has 0 saturated carbocycles. The summed E-state index contributed by atoms with van der Waals surface area (Å²) in [6, 6.07) is 0.897. The molecule has 68 valence electrons. The number of hydrogen-bond acceptors (Lipinski definition) is 3. The lowest BCUT2D eigenvalue weighted by Gasteiger charge is -2.24. The van der Waals surface area contributed by atoms with Crippen LogP contribution in [0.2, 0.25) is 6.04 Å². The molecular weight excluding hydrogens is 160 g/mol. The lowest BCUT2D eigenvalue weighted by atomic mass is 10.6. The molecule has 0 rings (SSSR count). The summed E-state index contributed by atoms with van der Waals surface area (Å²) in [4.78, 5) is 0. The third-order valence-electron chi connectivity index (χ3n) is 1.54. The van der Waals surface area contributed by atoms with E-state index >= 15 is 0 Å². The first kappa shape index (κ1) is 11.1. The third kappa shape index (κ3) is 3.33. The van der Waals surface area contributed by atoms with Crippen LogP contribution in [0.1, 0.15) is 20.3 Å². The summed E-state index contributed by atoms with van der Waals surface area (Å²) in [5.74, 6) is 0. The van der Waals surface area contributed by atoms with Crippen molar-refractivity contribution >= 4 is 8.80 Å². The predicted molar refractivity (Wildman–Crippen MR) is 46.5 cm³/mol. The van der Waals surface area contributed by atoms with Gasteiger partial charge in [-0.25, -0.2) is 0 Å². The Hall–Kier alpha value is 0.0969. The fourth-order valence-electron chi connectivity index (χ4n) is 1.00. The summed E-state index contributed by atoms with van der Waals surface area (Å²) >= 11 is 0. The Morgan fingerprint density at radius 3 is 1.91 bits per heavy atom. The van der Waals surface area contributed by atoms with Crippen molar-refractivity contribution < 1.29 is 13.3 Å². The van der Waals surface area contributed by atoms with Crippen molar-refractivity contribution in [2.45, 2.75) is 26.3 Å². The molecule has 0 aromatic rings. The highest BCUT2D eigenvalue weighted by atomic mass is 28.4. The molecular formula is C7H18O3Si. The molecule has 0 aromatic carbocycles. The van der Waals surface area contributed by atoms with E-state index in [-0.39, 0.29) is 0 Å². The first-order valence-electron chi connectivity index (χ1n) is 3.99. The number of rotatable bonds is 6. The molecule has 0 bridgehead atoms. The van der Waals surface area contributed by atoms with Gasteiger partial charge in [-0.15, -0.1) is 0 Å². The zero-order valence-corrected chi connectivity index (χ0v) is 8.85. The highest BCUT2D eigenvalue weighted by molar-refractivity contribution is 6.60. The average Bonchev–Trinajstić information content (AvgIpc) is 2.04. The van der Waals surface area contributed by atoms with Gasteiger partial charge in [0.15, 0.2) is 0 Å². The topological polar surface area (TPSA) is 27.7 Å².